The van der Waals surface area contributed by atoms with Gasteiger partial charge in [0.15, 0.2) is 5.78 Å². The van der Waals surface area contributed by atoms with E-state index in [4.69, 9.17) is 5.73 Å². The molecule has 1 unspecified atom stereocenters. The molecule has 0 aromatic heterocycles. The third-order valence-corrected chi connectivity index (χ3v) is 2.73. The molecule has 2 N–H and O–H groups in total. The average Bonchev–Trinajstić information content (AvgIpc) is 2.17. The fourth-order valence-electron chi connectivity index (χ4n) is 1.99. The van der Waals surface area contributed by atoms with Crippen LogP contribution in [0.4, 0.5) is 5.69 Å². The van der Waals surface area contributed by atoms with Gasteiger partial charge in [-0.15, -0.1) is 0 Å². The first-order valence-corrected chi connectivity index (χ1v) is 5.47. The lowest BCUT2D eigenvalue weighted by Gasteiger charge is -2.15. The van der Waals surface area contributed by atoms with E-state index in [-0.39, 0.29) is 5.78 Å². The Morgan fingerprint density at radius 1 is 1.47 bits per heavy atom. The molecule has 0 bridgehead atoms. The van der Waals surface area contributed by atoms with Gasteiger partial charge in [-0.25, -0.2) is 0 Å². The zero-order chi connectivity index (χ0) is 11.4. The summed E-state index contributed by atoms with van der Waals surface area (Å²) in [6.07, 6.45) is 2.21. The highest BCUT2D eigenvalue weighted by Gasteiger charge is 2.15. The number of hydrogen-bond acceptors (Lipinski definition) is 2. The van der Waals surface area contributed by atoms with E-state index in [1.54, 1.807) is 13.0 Å². The summed E-state index contributed by atoms with van der Waals surface area (Å²) in [6, 6.07) is 5.72. The Hall–Kier alpha value is -1.31. The third kappa shape index (κ3) is 2.58. The summed E-state index contributed by atoms with van der Waals surface area (Å²) in [5.74, 6) is 0.462. The summed E-state index contributed by atoms with van der Waals surface area (Å²) in [7, 11) is 0. The van der Waals surface area contributed by atoms with E-state index >= 15 is 0 Å². The minimum absolute atomic E-state index is 0.0612. The van der Waals surface area contributed by atoms with Crippen LogP contribution in [0.25, 0.3) is 0 Å². The molecule has 0 amide bonds. The fourth-order valence-corrected chi connectivity index (χ4v) is 1.99. The maximum absolute atomic E-state index is 11.5. The van der Waals surface area contributed by atoms with Gasteiger partial charge in [0.05, 0.1) is 0 Å². The molecule has 15 heavy (non-hydrogen) atoms. The zero-order valence-corrected chi connectivity index (χ0v) is 9.71. The topological polar surface area (TPSA) is 43.1 Å². The molecule has 1 rings (SSSR count). The molecule has 1 aromatic carbocycles. The average molecular weight is 205 g/mol. The number of nitrogens with two attached hydrogens (primary N) is 1. The Kier molecular flexibility index (Phi) is 3.89. The van der Waals surface area contributed by atoms with Crippen LogP contribution in [0, 0.1) is 0 Å². The first kappa shape index (κ1) is 11.8. The number of benzene rings is 1. The molecule has 82 valence electrons. The van der Waals surface area contributed by atoms with Gasteiger partial charge in [0.2, 0.25) is 0 Å². The molecular formula is C13H19NO. The molecule has 0 radical (unpaired) electrons. The largest absolute Gasteiger partial charge is 0.398 e. The zero-order valence-electron chi connectivity index (χ0n) is 9.71. The number of rotatable bonds is 4. The predicted molar refractivity (Wildman–Crippen MR) is 64.2 cm³/mol. The van der Waals surface area contributed by atoms with Crippen molar-refractivity contribution in [2.24, 2.45) is 0 Å². The van der Waals surface area contributed by atoms with Crippen molar-refractivity contribution in [3.63, 3.8) is 0 Å². The van der Waals surface area contributed by atoms with Gasteiger partial charge in [-0.1, -0.05) is 32.4 Å². The summed E-state index contributed by atoms with van der Waals surface area (Å²) >= 11 is 0. The number of Topliss-reactive ketones (excluding diaryl/α,β-unsaturated/α-hetero) is 1. The van der Waals surface area contributed by atoms with E-state index in [1.165, 1.54) is 0 Å². The van der Waals surface area contributed by atoms with Gasteiger partial charge in [-0.3, -0.25) is 4.79 Å². The molecule has 1 aromatic rings. The van der Waals surface area contributed by atoms with E-state index in [9.17, 15) is 4.79 Å². The van der Waals surface area contributed by atoms with Crippen molar-refractivity contribution in [2.75, 3.05) is 5.73 Å². The maximum Gasteiger partial charge on any atom is 0.162 e. The SMILES string of the molecule is CCCC(C)c1cccc(N)c1C(C)=O. The molecule has 2 nitrogen and oxygen atoms in total. The van der Waals surface area contributed by atoms with Gasteiger partial charge < -0.3 is 5.73 Å². The van der Waals surface area contributed by atoms with Crippen molar-refractivity contribution in [2.45, 2.75) is 39.5 Å². The fraction of sp³-hybridized carbons (Fsp3) is 0.462. The Labute approximate surface area is 91.5 Å². The Balaban J connectivity index is 3.16. The molecule has 0 saturated carbocycles. The van der Waals surface area contributed by atoms with Crippen LogP contribution in [0.5, 0.6) is 0 Å². The third-order valence-electron chi connectivity index (χ3n) is 2.73. The lowest BCUT2D eigenvalue weighted by Crippen LogP contribution is -2.07. The van der Waals surface area contributed by atoms with Gasteiger partial charge in [0.25, 0.3) is 0 Å². The van der Waals surface area contributed by atoms with Gasteiger partial charge >= 0.3 is 0 Å². The van der Waals surface area contributed by atoms with E-state index < -0.39 is 0 Å². The van der Waals surface area contributed by atoms with Crippen molar-refractivity contribution in [1.29, 1.82) is 0 Å². The molecule has 0 heterocycles. The Morgan fingerprint density at radius 3 is 2.67 bits per heavy atom. The van der Waals surface area contributed by atoms with Crippen molar-refractivity contribution in [3.8, 4) is 0 Å². The predicted octanol–water partition coefficient (Wildman–Crippen LogP) is 3.38. The lowest BCUT2D eigenvalue weighted by molar-refractivity contribution is 0.101. The molecular weight excluding hydrogens is 186 g/mol. The van der Waals surface area contributed by atoms with Crippen molar-refractivity contribution in [3.05, 3.63) is 29.3 Å². The van der Waals surface area contributed by atoms with Gasteiger partial charge in [-0.2, -0.15) is 0 Å². The number of carbonyl (C=O) groups excluding carboxylic acids is 1. The summed E-state index contributed by atoms with van der Waals surface area (Å²) in [5, 5.41) is 0. The van der Waals surface area contributed by atoms with Crippen LogP contribution in [0.1, 0.15) is 55.5 Å². The smallest absolute Gasteiger partial charge is 0.162 e. The van der Waals surface area contributed by atoms with Crippen molar-refractivity contribution in [1.82, 2.24) is 0 Å². The Morgan fingerprint density at radius 2 is 2.13 bits per heavy atom. The second-order valence-corrected chi connectivity index (χ2v) is 4.06. The summed E-state index contributed by atoms with van der Waals surface area (Å²) in [6.45, 7) is 5.87. The Bertz CT molecular complexity index is 358. The maximum atomic E-state index is 11.5. The van der Waals surface area contributed by atoms with E-state index in [0.29, 0.717) is 17.2 Å². The highest BCUT2D eigenvalue weighted by Crippen LogP contribution is 2.27. The van der Waals surface area contributed by atoms with E-state index in [0.717, 1.165) is 18.4 Å². The quantitative estimate of drug-likeness (QED) is 0.605. The van der Waals surface area contributed by atoms with Crippen LogP contribution in [0.3, 0.4) is 0 Å². The van der Waals surface area contributed by atoms with Crippen molar-refractivity contribution >= 4 is 11.5 Å². The number of anilines is 1. The lowest BCUT2D eigenvalue weighted by atomic mass is 9.90. The van der Waals surface area contributed by atoms with Crippen LogP contribution in [-0.4, -0.2) is 5.78 Å². The first-order valence-electron chi connectivity index (χ1n) is 5.47. The van der Waals surface area contributed by atoms with Crippen LogP contribution in [0.2, 0.25) is 0 Å². The highest BCUT2D eigenvalue weighted by molar-refractivity contribution is 6.00. The normalized spacial score (nSPS) is 12.5. The molecule has 2 heteroatoms. The monoisotopic (exact) mass is 205 g/mol. The van der Waals surface area contributed by atoms with Gasteiger partial charge in [0, 0.05) is 11.3 Å². The number of hydrogen-bond donors (Lipinski definition) is 1. The summed E-state index contributed by atoms with van der Waals surface area (Å²) < 4.78 is 0. The summed E-state index contributed by atoms with van der Waals surface area (Å²) in [5.41, 5.74) is 8.23. The highest BCUT2D eigenvalue weighted by atomic mass is 16.1. The van der Waals surface area contributed by atoms with Crippen LogP contribution >= 0.6 is 0 Å². The van der Waals surface area contributed by atoms with Gasteiger partial charge in [-0.05, 0) is 30.9 Å². The molecule has 0 spiro atoms. The molecule has 0 aliphatic carbocycles. The summed E-state index contributed by atoms with van der Waals surface area (Å²) in [4.78, 5) is 11.5. The van der Waals surface area contributed by atoms with Crippen molar-refractivity contribution < 1.29 is 4.79 Å². The molecule has 0 saturated heterocycles. The second-order valence-electron chi connectivity index (χ2n) is 4.06. The van der Waals surface area contributed by atoms with E-state index in [2.05, 4.69) is 13.8 Å². The second kappa shape index (κ2) is 4.96. The molecule has 0 aliphatic heterocycles. The molecule has 1 atom stereocenters. The van der Waals surface area contributed by atoms with Crippen LogP contribution < -0.4 is 5.73 Å². The van der Waals surface area contributed by atoms with E-state index in [1.807, 2.05) is 12.1 Å². The molecule has 0 aliphatic rings. The van der Waals surface area contributed by atoms with Crippen LogP contribution in [-0.2, 0) is 0 Å². The number of ketones is 1. The number of nitrogen functional groups attached to an aromatic ring is 1. The standard InChI is InChI=1S/C13H19NO/c1-4-6-9(2)11-7-5-8-12(14)13(11)10(3)15/h5,7-9H,4,6,14H2,1-3H3. The van der Waals surface area contributed by atoms with Gasteiger partial charge in [0.1, 0.15) is 0 Å². The first-order chi connectivity index (χ1) is 7.07. The minimum Gasteiger partial charge on any atom is -0.398 e. The van der Waals surface area contributed by atoms with Crippen LogP contribution in [0.15, 0.2) is 18.2 Å². The minimum atomic E-state index is 0.0612. The number of carbonyl (C=O) groups is 1. The molecule has 0 fully saturated rings.